The van der Waals surface area contributed by atoms with Crippen LogP contribution in [0.3, 0.4) is 0 Å². The van der Waals surface area contributed by atoms with E-state index in [2.05, 4.69) is 15.6 Å². The van der Waals surface area contributed by atoms with Crippen molar-refractivity contribution in [2.45, 2.75) is 49.5 Å². The number of hydrogen-bond acceptors (Lipinski definition) is 6. The first-order chi connectivity index (χ1) is 13.8. The van der Waals surface area contributed by atoms with E-state index < -0.39 is 25.9 Å². The quantitative estimate of drug-likeness (QED) is 0.447. The average Bonchev–Trinajstić information content (AvgIpc) is 3.31. The maximum Gasteiger partial charge on any atom is 0.266 e. The Bertz CT molecular complexity index is 934. The summed E-state index contributed by atoms with van der Waals surface area (Å²) in [4.78, 5) is 2.95. The molecule has 3 rings (SSSR count). The van der Waals surface area contributed by atoms with Crippen molar-refractivity contribution in [3.63, 3.8) is 0 Å². The van der Waals surface area contributed by atoms with Crippen LogP contribution in [0.5, 0.6) is 0 Å². The summed E-state index contributed by atoms with van der Waals surface area (Å²) in [5, 5.41) is 5.81. The van der Waals surface area contributed by atoms with Crippen molar-refractivity contribution >= 4 is 43.8 Å². The summed E-state index contributed by atoms with van der Waals surface area (Å²) in [6, 6.07) is 2.72. The molecule has 29 heavy (non-hydrogen) atoms. The Labute approximate surface area is 178 Å². The predicted molar refractivity (Wildman–Crippen MR) is 112 cm³/mol. The largest absolute Gasteiger partial charge is 0.384 e. The molecule has 3 N–H and O–H groups in total. The van der Waals surface area contributed by atoms with Crippen LogP contribution in [-0.4, -0.2) is 32.5 Å². The molecule has 1 aromatic carbocycles. The summed E-state index contributed by atoms with van der Waals surface area (Å²) in [5.74, 6) is -0.954. The van der Waals surface area contributed by atoms with Crippen molar-refractivity contribution in [3.8, 4) is 0 Å². The summed E-state index contributed by atoms with van der Waals surface area (Å²) < 4.78 is 54.1. The fourth-order valence-electron chi connectivity index (χ4n) is 3.25. The highest BCUT2D eigenvalue weighted by atomic mass is 35.5. The van der Waals surface area contributed by atoms with E-state index in [-0.39, 0.29) is 10.2 Å². The maximum atomic E-state index is 14.4. The first-order valence-corrected chi connectivity index (χ1v) is 12.1. The number of sulfonamides is 1. The van der Waals surface area contributed by atoms with Crippen molar-refractivity contribution in [2.24, 2.45) is 0 Å². The monoisotopic (exact) mass is 464 g/mol. The Morgan fingerprint density at radius 1 is 1.17 bits per heavy atom. The lowest BCUT2D eigenvalue weighted by molar-refractivity contribution is 0.510. The first-order valence-electron chi connectivity index (χ1n) is 9.45. The van der Waals surface area contributed by atoms with Gasteiger partial charge in [0, 0.05) is 12.6 Å². The van der Waals surface area contributed by atoms with E-state index in [4.69, 9.17) is 11.6 Å². The van der Waals surface area contributed by atoms with Crippen molar-refractivity contribution < 1.29 is 17.2 Å². The van der Waals surface area contributed by atoms with Crippen molar-refractivity contribution in [1.29, 1.82) is 0 Å². The molecule has 0 bridgehead atoms. The van der Waals surface area contributed by atoms with Gasteiger partial charge in [0.2, 0.25) is 0 Å². The normalized spacial score (nSPS) is 15.0. The minimum absolute atomic E-state index is 0.0844. The third kappa shape index (κ3) is 6.24. The van der Waals surface area contributed by atoms with Gasteiger partial charge in [-0.3, -0.25) is 4.72 Å². The van der Waals surface area contributed by atoms with Crippen LogP contribution in [0.25, 0.3) is 0 Å². The molecule has 0 atom stereocenters. The van der Waals surface area contributed by atoms with Crippen molar-refractivity contribution in [2.75, 3.05) is 23.1 Å². The molecule has 1 aliphatic rings. The number of nitrogens with one attached hydrogen (secondary N) is 3. The molecule has 1 aromatic heterocycles. The summed E-state index contributed by atoms with van der Waals surface area (Å²) in [7, 11) is -4.27. The molecule has 1 aliphatic carbocycles. The summed E-state index contributed by atoms with van der Waals surface area (Å²) >= 11 is 6.64. The number of hydrogen-bond donors (Lipinski definition) is 3. The molecule has 1 saturated carbocycles. The van der Waals surface area contributed by atoms with Crippen LogP contribution >= 0.6 is 22.9 Å². The lowest BCUT2D eigenvalue weighted by atomic mass is 10.2. The molecular weight excluding hydrogens is 442 g/mol. The topological polar surface area (TPSA) is 83.1 Å². The lowest BCUT2D eigenvalue weighted by Gasteiger charge is -2.13. The third-order valence-corrected chi connectivity index (χ3v) is 7.21. The van der Waals surface area contributed by atoms with E-state index in [1.807, 2.05) is 4.72 Å². The Morgan fingerprint density at radius 3 is 2.59 bits per heavy atom. The second-order valence-corrected chi connectivity index (χ2v) is 9.95. The van der Waals surface area contributed by atoms with E-state index in [1.165, 1.54) is 25.7 Å². The van der Waals surface area contributed by atoms with Crippen molar-refractivity contribution in [3.05, 3.63) is 34.3 Å². The highest BCUT2D eigenvalue weighted by Gasteiger charge is 2.23. The minimum atomic E-state index is -4.27. The summed E-state index contributed by atoms with van der Waals surface area (Å²) in [5.41, 5.74) is 0.326. The maximum absolute atomic E-state index is 14.4. The van der Waals surface area contributed by atoms with Gasteiger partial charge >= 0.3 is 0 Å². The highest BCUT2D eigenvalue weighted by Crippen LogP contribution is 2.30. The van der Waals surface area contributed by atoms with E-state index in [0.29, 0.717) is 29.6 Å². The zero-order valence-corrected chi connectivity index (χ0v) is 18.1. The molecule has 0 saturated heterocycles. The Hall–Kier alpha value is -1.49. The average molecular weight is 465 g/mol. The second kappa shape index (κ2) is 10.0. The van der Waals surface area contributed by atoms with Crippen LogP contribution in [0.1, 0.15) is 38.5 Å². The smallest absolute Gasteiger partial charge is 0.266 e. The number of halogens is 3. The van der Waals surface area contributed by atoms with Crippen LogP contribution in [0, 0.1) is 10.9 Å². The molecule has 1 fully saturated rings. The van der Waals surface area contributed by atoms with Gasteiger partial charge in [0.05, 0.1) is 16.9 Å². The third-order valence-electron chi connectivity index (χ3n) is 4.72. The van der Waals surface area contributed by atoms with Crippen LogP contribution in [-0.2, 0) is 10.0 Å². The lowest BCUT2D eigenvalue weighted by Crippen LogP contribution is -2.27. The minimum Gasteiger partial charge on any atom is -0.384 e. The van der Waals surface area contributed by atoms with Gasteiger partial charge < -0.3 is 10.6 Å². The first kappa shape index (κ1) is 22.2. The Balaban J connectivity index is 1.53. The Kier molecular flexibility index (Phi) is 7.66. The van der Waals surface area contributed by atoms with Gasteiger partial charge in [0.1, 0.15) is 10.7 Å². The molecule has 1 heterocycles. The van der Waals surface area contributed by atoms with Gasteiger partial charge in [-0.25, -0.2) is 17.8 Å². The number of benzene rings is 1. The van der Waals surface area contributed by atoms with Crippen LogP contribution in [0.2, 0.25) is 5.02 Å². The molecule has 0 aliphatic heterocycles. The van der Waals surface area contributed by atoms with Crippen molar-refractivity contribution in [1.82, 2.24) is 10.3 Å². The number of rotatable bonds is 10. The SMILES string of the molecule is O=S(=O)(Nc1ncc(F)s1)c1cc(Cl)c(NCCCCNC2CCCC2)cc1F. The Morgan fingerprint density at radius 2 is 1.90 bits per heavy atom. The fraction of sp³-hybridized carbons (Fsp3) is 0.500. The van der Waals surface area contributed by atoms with E-state index in [1.54, 1.807) is 0 Å². The molecular formula is C18H23ClF2N4O2S2. The molecule has 6 nitrogen and oxygen atoms in total. The number of unbranched alkanes of at least 4 members (excludes halogenated alkanes) is 1. The van der Waals surface area contributed by atoms with Gasteiger partial charge in [0.15, 0.2) is 10.3 Å². The molecule has 11 heteroatoms. The summed E-state index contributed by atoms with van der Waals surface area (Å²) in [6.07, 6.45) is 7.81. The molecule has 0 amide bonds. The number of anilines is 2. The van der Waals surface area contributed by atoms with Crippen LogP contribution in [0.4, 0.5) is 19.6 Å². The molecule has 0 spiro atoms. The zero-order chi connectivity index (χ0) is 20.9. The number of thiazole rings is 1. The molecule has 0 unspecified atom stereocenters. The van der Waals surface area contributed by atoms with Gasteiger partial charge in [-0.1, -0.05) is 35.8 Å². The molecule has 160 valence electrons. The summed E-state index contributed by atoms with van der Waals surface area (Å²) in [6.45, 7) is 1.53. The van der Waals surface area contributed by atoms with E-state index >= 15 is 0 Å². The fourth-order valence-corrected chi connectivity index (χ4v) is 5.42. The standard InChI is InChI=1S/C18H23ClF2N4O2S2/c19-13-9-16(29(26,27)25-18-24-11-17(21)28-18)14(20)10-15(13)23-8-4-3-7-22-12-5-1-2-6-12/h9-12,22-23H,1-8H2,(H,24,25). The van der Waals surface area contributed by atoms with Gasteiger partial charge in [0.25, 0.3) is 10.0 Å². The number of nitrogens with zero attached hydrogens (tertiary/aromatic N) is 1. The highest BCUT2D eigenvalue weighted by molar-refractivity contribution is 7.93. The zero-order valence-electron chi connectivity index (χ0n) is 15.7. The van der Waals surface area contributed by atoms with Gasteiger partial charge in [-0.05, 0) is 44.4 Å². The van der Waals surface area contributed by atoms with Gasteiger partial charge in [-0.15, -0.1) is 0 Å². The molecule has 0 radical (unpaired) electrons. The van der Waals surface area contributed by atoms with Crippen LogP contribution in [0.15, 0.2) is 23.2 Å². The number of aromatic nitrogens is 1. The van der Waals surface area contributed by atoms with E-state index in [9.17, 15) is 17.2 Å². The van der Waals surface area contributed by atoms with Crippen LogP contribution < -0.4 is 15.4 Å². The predicted octanol–water partition coefficient (Wildman–Crippen LogP) is 4.60. The molecule has 2 aromatic rings. The second-order valence-electron chi connectivity index (χ2n) is 6.91. The van der Waals surface area contributed by atoms with E-state index in [0.717, 1.165) is 37.7 Å². The van der Waals surface area contributed by atoms with Gasteiger partial charge in [-0.2, -0.15) is 4.39 Å².